The number of carbonyl (C=O) groups is 4. The van der Waals surface area contributed by atoms with Crippen LogP contribution in [0, 0.1) is 17.8 Å². The van der Waals surface area contributed by atoms with Crippen molar-refractivity contribution >= 4 is 44.6 Å². The Morgan fingerprint density at radius 2 is 1.79 bits per heavy atom. The number of hydrogen-bond acceptors (Lipinski definition) is 12. The molecule has 3 N–H and O–H groups in total. The number of methoxy groups -OCH3 is 2. The molecule has 4 amide bonds. The summed E-state index contributed by atoms with van der Waals surface area (Å²) in [5.41, 5.74) is -3.85. The minimum atomic E-state index is -3.98. The summed E-state index contributed by atoms with van der Waals surface area (Å²) in [7, 11) is -0.902. The normalized spacial score (nSPS) is 28.0. The number of aromatic nitrogens is 1. The third-order valence-electron chi connectivity index (χ3n) is 12.1. The number of rotatable bonds is 13. The minimum Gasteiger partial charge on any atom is -0.497 e. The van der Waals surface area contributed by atoms with Crippen molar-refractivity contribution in [1.82, 2.24) is 25.2 Å². The van der Waals surface area contributed by atoms with Crippen LogP contribution < -0.4 is 29.6 Å². The molecule has 6 rings (SSSR count). The molecule has 3 fully saturated rings. The zero-order valence-corrected chi connectivity index (χ0v) is 36.4. The van der Waals surface area contributed by atoms with Gasteiger partial charge in [0.15, 0.2) is 5.60 Å². The van der Waals surface area contributed by atoms with E-state index in [9.17, 15) is 36.4 Å². The van der Waals surface area contributed by atoms with E-state index in [0.717, 1.165) is 13.8 Å². The molecular weight excluding hydrogens is 821 g/mol. The van der Waals surface area contributed by atoms with Crippen molar-refractivity contribution in [1.29, 1.82) is 0 Å². The van der Waals surface area contributed by atoms with Gasteiger partial charge in [-0.25, -0.2) is 27.0 Å². The molecule has 1 aromatic carbocycles. The number of hydrogen-bond donors (Lipinski definition) is 3. The molecule has 1 aromatic heterocycles. The summed E-state index contributed by atoms with van der Waals surface area (Å²) >= 11 is 0. The van der Waals surface area contributed by atoms with Gasteiger partial charge in [0.05, 0.1) is 31.7 Å². The van der Waals surface area contributed by atoms with Gasteiger partial charge in [0.2, 0.25) is 27.7 Å². The fraction of sp³-hybridized carbons (Fsp3) is 0.643. The second-order valence-electron chi connectivity index (χ2n) is 17.3. The molecule has 0 unspecified atom stereocenters. The van der Waals surface area contributed by atoms with Crippen LogP contribution in [0.2, 0.25) is 0 Å². The van der Waals surface area contributed by atoms with Crippen LogP contribution in [0.4, 0.5) is 13.6 Å². The van der Waals surface area contributed by atoms with E-state index >= 15 is 0 Å². The third-order valence-corrected chi connectivity index (χ3v) is 14.0. The molecular formula is C42H57F2N5O11S. The lowest BCUT2D eigenvalue weighted by molar-refractivity contribution is -0.152. The first-order chi connectivity index (χ1) is 28.7. The predicted octanol–water partition coefficient (Wildman–Crippen LogP) is 4.64. The average molecular weight is 878 g/mol. The number of nitrogens with zero attached hydrogens (tertiary/aromatic N) is 2. The number of alkyl halides is 2. The Kier molecular flexibility index (Phi) is 13.4. The summed E-state index contributed by atoms with van der Waals surface area (Å²) in [5, 5.41) is 5.83. The summed E-state index contributed by atoms with van der Waals surface area (Å²) < 4.78 is 85.1. The molecule has 4 aliphatic rings. The van der Waals surface area contributed by atoms with E-state index in [1.807, 2.05) is 19.1 Å². The van der Waals surface area contributed by atoms with Gasteiger partial charge in [0, 0.05) is 37.1 Å². The number of sulfonamides is 1. The first kappa shape index (κ1) is 45.7. The van der Waals surface area contributed by atoms with Crippen molar-refractivity contribution in [2.45, 2.75) is 120 Å². The van der Waals surface area contributed by atoms with Gasteiger partial charge >= 0.3 is 6.09 Å². The minimum absolute atomic E-state index is 0.00917. The number of alkyl carbamates (subject to hydrolysis) is 1. The highest BCUT2D eigenvalue weighted by molar-refractivity contribution is 7.91. The highest BCUT2D eigenvalue weighted by Crippen LogP contribution is 2.46. The quantitative estimate of drug-likeness (QED) is 0.186. The lowest BCUT2D eigenvalue weighted by Gasteiger charge is -2.35. The molecule has 1 saturated heterocycles. The molecule has 3 heterocycles. The van der Waals surface area contributed by atoms with Gasteiger partial charge in [-0.3, -0.25) is 19.1 Å². The predicted molar refractivity (Wildman–Crippen MR) is 219 cm³/mol. The molecule has 0 bridgehead atoms. The molecule has 7 atom stereocenters. The number of halogens is 2. The fourth-order valence-corrected chi connectivity index (χ4v) is 9.24. The second kappa shape index (κ2) is 17.9. The van der Waals surface area contributed by atoms with E-state index in [4.69, 9.17) is 23.7 Å². The fourth-order valence-electron chi connectivity index (χ4n) is 7.87. The van der Waals surface area contributed by atoms with Crippen molar-refractivity contribution in [3.8, 4) is 17.4 Å². The molecule has 0 radical (unpaired) electrons. The van der Waals surface area contributed by atoms with Crippen LogP contribution in [-0.2, 0) is 33.9 Å². The topological polar surface area (TPSA) is 201 Å². The van der Waals surface area contributed by atoms with E-state index in [1.54, 1.807) is 32.2 Å². The number of allylic oxidation sites excluding steroid dienone is 1. The average Bonchev–Trinajstić information content (AvgIpc) is 4.12. The lowest BCUT2D eigenvalue weighted by Crippen LogP contribution is -2.59. The Balaban J connectivity index is 1.36. The van der Waals surface area contributed by atoms with Crippen molar-refractivity contribution in [2.75, 3.05) is 34.0 Å². The molecule has 336 valence electrons. The number of benzene rings is 1. The SMILES string of the molecule is COCCOc1cnc(O[C@@H]2C[C@H]3C(=O)N[C@]4(C(=O)NS(=O)(=O)C5CC5)C[C@H]4/C=C\CC[C@H](C)C[C@@H](C)[C@H](NC(=O)OC(C)(C)C(C)(F)F)C(=O)N3C2)c2ccc(OC)cc12. The maximum atomic E-state index is 14.9. The summed E-state index contributed by atoms with van der Waals surface area (Å²) in [6.45, 7) is 6.85. The molecule has 2 aromatic rings. The van der Waals surface area contributed by atoms with Crippen LogP contribution in [0.5, 0.6) is 17.4 Å². The van der Waals surface area contributed by atoms with Gasteiger partial charge in [-0.05, 0) is 82.4 Å². The monoisotopic (exact) mass is 877 g/mol. The molecule has 0 spiro atoms. The Morgan fingerprint density at radius 3 is 2.46 bits per heavy atom. The van der Waals surface area contributed by atoms with Gasteiger partial charge in [-0.15, -0.1) is 0 Å². The molecule has 2 saturated carbocycles. The number of carbonyl (C=O) groups excluding carboxylic acids is 4. The van der Waals surface area contributed by atoms with E-state index < -0.39 is 86.2 Å². The Labute approximate surface area is 354 Å². The Bertz CT molecular complexity index is 2130. The molecule has 16 nitrogen and oxygen atoms in total. The zero-order chi connectivity index (χ0) is 44.5. The van der Waals surface area contributed by atoms with E-state index in [-0.39, 0.29) is 37.8 Å². The maximum Gasteiger partial charge on any atom is 0.408 e. The van der Waals surface area contributed by atoms with E-state index in [1.165, 1.54) is 18.2 Å². The number of fused-ring (bicyclic) bond motifs is 3. The van der Waals surface area contributed by atoms with Crippen molar-refractivity contribution in [3.63, 3.8) is 0 Å². The second-order valence-corrected chi connectivity index (χ2v) is 19.3. The highest BCUT2D eigenvalue weighted by atomic mass is 32.2. The first-order valence-corrected chi connectivity index (χ1v) is 22.2. The van der Waals surface area contributed by atoms with Crippen LogP contribution in [0.1, 0.15) is 79.6 Å². The highest BCUT2D eigenvalue weighted by Gasteiger charge is 2.62. The van der Waals surface area contributed by atoms with Crippen LogP contribution >= 0.6 is 0 Å². The van der Waals surface area contributed by atoms with E-state index in [0.29, 0.717) is 67.9 Å². The van der Waals surface area contributed by atoms with Crippen LogP contribution in [0.15, 0.2) is 36.5 Å². The Hall–Kier alpha value is -4.78. The third kappa shape index (κ3) is 10.3. The summed E-state index contributed by atoms with van der Waals surface area (Å²) in [6.07, 6.45) is 5.59. The molecule has 2 aliphatic heterocycles. The number of amides is 4. The van der Waals surface area contributed by atoms with Gasteiger partial charge in [-0.1, -0.05) is 26.0 Å². The standard InChI is InChI=1S/C42H57F2N5O11S/c1-24-10-8-9-11-26-21-42(26,38(52)48-61(54,55)29-13-14-29)47-35(50)32-20-28(59-36-30-15-12-27(57-7)19-31(30)33(22-45-36)58-17-16-56-6)23-49(32)37(51)34(25(2)18-24)46-39(53)60-40(3,4)41(5,43)44/h9,11-12,15,19,22,24-26,28-29,32,34H,8,10,13-14,16-18,20-21,23H2,1-7H3,(H,46,53)(H,47,50)(H,48,52)/b11-9-/t24-,25+,26+,28+,32-,34-,42+/m0/s1. The van der Waals surface area contributed by atoms with Gasteiger partial charge in [0.25, 0.3) is 11.8 Å². The summed E-state index contributed by atoms with van der Waals surface area (Å²) in [4.78, 5) is 62.5. The van der Waals surface area contributed by atoms with E-state index in [2.05, 4.69) is 20.3 Å². The summed E-state index contributed by atoms with van der Waals surface area (Å²) in [5.74, 6) is -5.69. The Morgan fingerprint density at radius 1 is 1.05 bits per heavy atom. The first-order valence-electron chi connectivity index (χ1n) is 20.7. The van der Waals surface area contributed by atoms with Gasteiger partial charge in [0.1, 0.15) is 41.8 Å². The zero-order valence-electron chi connectivity index (χ0n) is 35.6. The van der Waals surface area contributed by atoms with Crippen molar-refractivity contribution < 1.29 is 60.1 Å². The van der Waals surface area contributed by atoms with Crippen LogP contribution in [0.25, 0.3) is 10.8 Å². The number of pyridine rings is 1. The largest absolute Gasteiger partial charge is 0.497 e. The van der Waals surface area contributed by atoms with Gasteiger partial charge in [-0.2, -0.15) is 0 Å². The van der Waals surface area contributed by atoms with Crippen LogP contribution in [-0.4, -0.2) is 117 Å². The summed E-state index contributed by atoms with van der Waals surface area (Å²) in [6, 6.07) is 2.58. The lowest BCUT2D eigenvalue weighted by atomic mass is 9.88. The molecule has 19 heteroatoms. The number of ether oxygens (including phenoxy) is 5. The maximum absolute atomic E-state index is 14.9. The smallest absolute Gasteiger partial charge is 0.408 e. The van der Waals surface area contributed by atoms with Crippen LogP contribution in [0.3, 0.4) is 0 Å². The van der Waals surface area contributed by atoms with Gasteiger partial charge < -0.3 is 39.2 Å². The van der Waals surface area contributed by atoms with Crippen molar-refractivity contribution in [2.24, 2.45) is 17.8 Å². The number of nitrogens with one attached hydrogen (secondary N) is 3. The van der Waals surface area contributed by atoms with Crippen molar-refractivity contribution in [3.05, 3.63) is 36.5 Å². The molecule has 2 aliphatic carbocycles. The molecule has 61 heavy (non-hydrogen) atoms.